The summed E-state index contributed by atoms with van der Waals surface area (Å²) in [5.74, 6) is 1.32. The smallest absolute Gasteiger partial charge is 0.226 e. The summed E-state index contributed by atoms with van der Waals surface area (Å²) in [5.41, 5.74) is 6.12. The average molecular weight is 244 g/mol. The van der Waals surface area contributed by atoms with Crippen molar-refractivity contribution in [2.24, 2.45) is 17.1 Å². The van der Waals surface area contributed by atoms with Crippen LogP contribution < -0.4 is 5.73 Å². The average Bonchev–Trinajstić information content (AvgIpc) is 2.21. The van der Waals surface area contributed by atoms with Crippen LogP contribution in [0.2, 0.25) is 0 Å². The van der Waals surface area contributed by atoms with E-state index in [1.165, 1.54) is 0 Å². The number of rotatable bonds is 3. The summed E-state index contributed by atoms with van der Waals surface area (Å²) in [7, 11) is 0. The van der Waals surface area contributed by atoms with Gasteiger partial charge in [0.25, 0.3) is 0 Å². The fourth-order valence-corrected chi connectivity index (χ4v) is 2.84. The molecule has 1 heterocycles. The van der Waals surface area contributed by atoms with Crippen LogP contribution in [-0.2, 0) is 4.79 Å². The van der Waals surface area contributed by atoms with E-state index in [9.17, 15) is 4.79 Å². The molecule has 0 spiro atoms. The molecule has 1 amide bonds. The highest BCUT2D eigenvalue weighted by Gasteiger charge is 2.36. The second-order valence-electron chi connectivity index (χ2n) is 5.50. The van der Waals surface area contributed by atoms with E-state index in [0.717, 1.165) is 25.3 Å². The van der Waals surface area contributed by atoms with Gasteiger partial charge in [-0.05, 0) is 18.1 Å². The predicted molar refractivity (Wildman–Crippen MR) is 70.5 cm³/mol. The van der Waals surface area contributed by atoms with Crippen molar-refractivity contribution in [2.45, 2.75) is 33.2 Å². The van der Waals surface area contributed by atoms with Crippen LogP contribution in [0, 0.1) is 11.3 Å². The summed E-state index contributed by atoms with van der Waals surface area (Å²) >= 11 is 1.73. The van der Waals surface area contributed by atoms with Gasteiger partial charge in [0.1, 0.15) is 0 Å². The van der Waals surface area contributed by atoms with Crippen molar-refractivity contribution in [1.82, 2.24) is 4.90 Å². The van der Waals surface area contributed by atoms with Gasteiger partial charge in [0.15, 0.2) is 0 Å². The van der Waals surface area contributed by atoms with Gasteiger partial charge >= 0.3 is 0 Å². The maximum Gasteiger partial charge on any atom is 0.226 e. The van der Waals surface area contributed by atoms with Gasteiger partial charge in [-0.15, -0.1) is 0 Å². The highest BCUT2D eigenvalue weighted by atomic mass is 32.2. The Hall–Kier alpha value is -0.220. The fourth-order valence-electron chi connectivity index (χ4n) is 2.19. The second-order valence-corrected chi connectivity index (χ2v) is 6.41. The molecule has 1 saturated heterocycles. The van der Waals surface area contributed by atoms with Crippen LogP contribution in [0.3, 0.4) is 0 Å². The fraction of sp³-hybridized carbons (Fsp3) is 0.917. The van der Waals surface area contributed by atoms with Crippen molar-refractivity contribution in [3.05, 3.63) is 0 Å². The van der Waals surface area contributed by atoms with Crippen LogP contribution in [0.1, 0.15) is 27.2 Å². The quantitative estimate of drug-likeness (QED) is 0.820. The van der Waals surface area contributed by atoms with Gasteiger partial charge in [0, 0.05) is 30.8 Å². The molecule has 4 heteroatoms. The molecule has 0 aromatic carbocycles. The molecule has 0 saturated carbocycles. The van der Waals surface area contributed by atoms with E-state index in [4.69, 9.17) is 5.73 Å². The molecule has 0 aromatic rings. The van der Waals surface area contributed by atoms with Crippen molar-refractivity contribution < 1.29 is 4.79 Å². The van der Waals surface area contributed by atoms with E-state index in [-0.39, 0.29) is 23.3 Å². The third-order valence-corrected chi connectivity index (χ3v) is 4.30. The molecule has 94 valence electrons. The summed E-state index contributed by atoms with van der Waals surface area (Å²) in [5, 5.41) is 0. The van der Waals surface area contributed by atoms with Crippen molar-refractivity contribution >= 4 is 17.7 Å². The zero-order chi connectivity index (χ0) is 12.3. The summed E-state index contributed by atoms with van der Waals surface area (Å²) < 4.78 is 0. The number of carbonyl (C=O) groups excluding carboxylic acids is 1. The Balaban J connectivity index is 2.59. The normalized spacial score (nSPS) is 26.6. The lowest BCUT2D eigenvalue weighted by molar-refractivity contribution is -0.137. The van der Waals surface area contributed by atoms with E-state index in [1.807, 2.05) is 18.1 Å². The first-order chi connectivity index (χ1) is 7.38. The molecule has 2 unspecified atom stereocenters. The van der Waals surface area contributed by atoms with E-state index in [2.05, 4.69) is 13.8 Å². The van der Waals surface area contributed by atoms with Gasteiger partial charge in [0.2, 0.25) is 5.91 Å². The Labute approximate surface area is 103 Å². The lowest BCUT2D eigenvalue weighted by Gasteiger charge is -2.43. The third-order valence-electron chi connectivity index (χ3n) is 3.46. The van der Waals surface area contributed by atoms with Gasteiger partial charge in [-0.25, -0.2) is 0 Å². The summed E-state index contributed by atoms with van der Waals surface area (Å²) in [6.45, 7) is 7.93. The largest absolute Gasteiger partial charge is 0.342 e. The second kappa shape index (κ2) is 5.41. The van der Waals surface area contributed by atoms with Crippen molar-refractivity contribution in [2.75, 3.05) is 25.1 Å². The Morgan fingerprint density at radius 1 is 1.62 bits per heavy atom. The Kier molecular flexibility index (Phi) is 4.68. The van der Waals surface area contributed by atoms with Crippen LogP contribution in [0.25, 0.3) is 0 Å². The number of hydrogen-bond acceptors (Lipinski definition) is 3. The molecule has 1 fully saturated rings. The molecular weight excluding hydrogens is 220 g/mol. The number of nitrogens with zero attached hydrogens (tertiary/aromatic N) is 1. The molecular formula is C12H24N2OS. The van der Waals surface area contributed by atoms with Gasteiger partial charge in [0.05, 0.1) is 0 Å². The number of thioether (sulfide) groups is 1. The minimum absolute atomic E-state index is 0.0486. The van der Waals surface area contributed by atoms with Crippen molar-refractivity contribution in [1.29, 1.82) is 0 Å². The minimum atomic E-state index is 0.0486. The Morgan fingerprint density at radius 2 is 2.25 bits per heavy atom. The Bertz CT molecular complexity index is 255. The molecule has 2 N–H and O–H groups in total. The molecule has 0 aliphatic carbocycles. The standard InChI is InChI=1S/C12H24N2OS/c1-9(7-16-4)11(15)14-6-5-10(13)12(2,3)8-14/h9-10H,5-8,13H2,1-4H3. The highest BCUT2D eigenvalue weighted by molar-refractivity contribution is 7.98. The Morgan fingerprint density at radius 3 is 2.75 bits per heavy atom. The van der Waals surface area contributed by atoms with E-state index in [1.54, 1.807) is 11.8 Å². The van der Waals surface area contributed by atoms with Gasteiger partial charge in [-0.3, -0.25) is 4.79 Å². The molecule has 1 aliphatic heterocycles. The van der Waals surface area contributed by atoms with E-state index in [0.29, 0.717) is 0 Å². The molecule has 0 bridgehead atoms. The molecule has 2 atom stereocenters. The summed E-state index contributed by atoms with van der Waals surface area (Å²) in [6.07, 6.45) is 2.96. The minimum Gasteiger partial charge on any atom is -0.342 e. The number of nitrogens with two attached hydrogens (primary N) is 1. The first-order valence-corrected chi connectivity index (χ1v) is 7.31. The van der Waals surface area contributed by atoms with Crippen LogP contribution >= 0.6 is 11.8 Å². The summed E-state index contributed by atoms with van der Waals surface area (Å²) in [6, 6.07) is 0.215. The zero-order valence-corrected chi connectivity index (χ0v) is 11.6. The molecule has 1 rings (SSSR count). The predicted octanol–water partition coefficient (Wildman–Crippen LogP) is 1.57. The number of hydrogen-bond donors (Lipinski definition) is 1. The van der Waals surface area contributed by atoms with E-state index >= 15 is 0 Å². The van der Waals surface area contributed by atoms with Gasteiger partial charge < -0.3 is 10.6 Å². The molecule has 1 aliphatic rings. The van der Waals surface area contributed by atoms with Crippen molar-refractivity contribution in [3.63, 3.8) is 0 Å². The molecule has 3 nitrogen and oxygen atoms in total. The zero-order valence-electron chi connectivity index (χ0n) is 10.8. The van der Waals surface area contributed by atoms with Crippen molar-refractivity contribution in [3.8, 4) is 0 Å². The first-order valence-electron chi connectivity index (χ1n) is 5.92. The molecule has 0 radical (unpaired) electrons. The molecule has 16 heavy (non-hydrogen) atoms. The third kappa shape index (κ3) is 3.14. The van der Waals surface area contributed by atoms with Crippen LogP contribution in [0.15, 0.2) is 0 Å². The maximum absolute atomic E-state index is 12.2. The number of piperidine rings is 1. The van der Waals surface area contributed by atoms with Gasteiger partial charge in [-0.2, -0.15) is 11.8 Å². The topological polar surface area (TPSA) is 46.3 Å². The van der Waals surface area contributed by atoms with Crippen LogP contribution in [0.4, 0.5) is 0 Å². The number of likely N-dealkylation sites (tertiary alicyclic amines) is 1. The SMILES string of the molecule is CSCC(C)C(=O)N1CCC(N)C(C)(C)C1. The van der Waals surface area contributed by atoms with Crippen LogP contribution in [0.5, 0.6) is 0 Å². The van der Waals surface area contributed by atoms with Gasteiger partial charge in [-0.1, -0.05) is 20.8 Å². The molecule has 0 aromatic heterocycles. The summed E-state index contributed by atoms with van der Waals surface area (Å²) in [4.78, 5) is 14.1. The number of amides is 1. The first kappa shape index (κ1) is 13.8. The number of carbonyl (C=O) groups is 1. The maximum atomic E-state index is 12.2. The lowest BCUT2D eigenvalue weighted by atomic mass is 9.79. The van der Waals surface area contributed by atoms with Crippen LogP contribution in [-0.4, -0.2) is 41.9 Å². The lowest BCUT2D eigenvalue weighted by Crippen LogP contribution is -2.55. The van der Waals surface area contributed by atoms with E-state index < -0.39 is 0 Å². The highest BCUT2D eigenvalue weighted by Crippen LogP contribution is 2.28. The monoisotopic (exact) mass is 244 g/mol.